The molecule has 1 aliphatic heterocycles. The molecule has 0 amide bonds. The topological polar surface area (TPSA) is 16.1 Å². The summed E-state index contributed by atoms with van der Waals surface area (Å²) in [4.78, 5) is 7.22. The van der Waals surface area contributed by atoms with Gasteiger partial charge in [0.25, 0.3) is 0 Å². The minimum atomic E-state index is 0.574. The molecule has 0 aromatic carbocycles. The maximum absolute atomic E-state index is 4.65. The van der Waals surface area contributed by atoms with E-state index >= 15 is 0 Å². The van der Waals surface area contributed by atoms with Gasteiger partial charge in [0.2, 0.25) is 0 Å². The molecule has 1 atom stereocenters. The SMILES string of the molecule is CCCN1CCC[C@@H]1c1cccc(C)n1. The molecule has 1 aliphatic rings. The quantitative estimate of drug-likeness (QED) is 0.752. The number of pyridine rings is 1. The Hall–Kier alpha value is -0.890. The Bertz CT molecular complexity index is 322. The van der Waals surface area contributed by atoms with Gasteiger partial charge in [-0.3, -0.25) is 9.88 Å². The summed E-state index contributed by atoms with van der Waals surface area (Å²) in [5.74, 6) is 0. The van der Waals surface area contributed by atoms with Gasteiger partial charge in [0.1, 0.15) is 0 Å². The van der Waals surface area contributed by atoms with Crippen LogP contribution in [0.4, 0.5) is 0 Å². The van der Waals surface area contributed by atoms with Crippen molar-refractivity contribution < 1.29 is 0 Å². The third kappa shape index (κ3) is 2.37. The molecule has 0 unspecified atom stereocenters. The average molecular weight is 204 g/mol. The number of aromatic nitrogens is 1. The van der Waals surface area contributed by atoms with Gasteiger partial charge in [-0.15, -0.1) is 0 Å². The van der Waals surface area contributed by atoms with Gasteiger partial charge < -0.3 is 0 Å². The summed E-state index contributed by atoms with van der Waals surface area (Å²) < 4.78 is 0. The van der Waals surface area contributed by atoms with Crippen LogP contribution < -0.4 is 0 Å². The summed E-state index contributed by atoms with van der Waals surface area (Å²) in [6.07, 6.45) is 3.83. The Kier molecular flexibility index (Phi) is 3.37. The monoisotopic (exact) mass is 204 g/mol. The molecule has 15 heavy (non-hydrogen) atoms. The number of hydrogen-bond donors (Lipinski definition) is 0. The highest BCUT2D eigenvalue weighted by Gasteiger charge is 2.25. The van der Waals surface area contributed by atoms with E-state index in [1.54, 1.807) is 0 Å². The van der Waals surface area contributed by atoms with Crippen LogP contribution in [0.25, 0.3) is 0 Å². The third-order valence-corrected chi connectivity index (χ3v) is 3.13. The average Bonchev–Trinajstić information content (AvgIpc) is 2.66. The van der Waals surface area contributed by atoms with Gasteiger partial charge in [0.05, 0.1) is 11.7 Å². The maximum Gasteiger partial charge on any atom is 0.0578 e. The zero-order valence-corrected chi connectivity index (χ0v) is 9.74. The van der Waals surface area contributed by atoms with E-state index in [-0.39, 0.29) is 0 Å². The van der Waals surface area contributed by atoms with Crippen molar-refractivity contribution in [1.82, 2.24) is 9.88 Å². The standard InChI is InChI=1S/C13H20N2/c1-3-9-15-10-5-8-13(15)12-7-4-6-11(2)14-12/h4,6-7,13H,3,5,8-10H2,1-2H3/t13-/m1/s1. The lowest BCUT2D eigenvalue weighted by molar-refractivity contribution is 0.253. The van der Waals surface area contributed by atoms with Crippen molar-refractivity contribution in [2.45, 2.75) is 39.2 Å². The Morgan fingerprint density at radius 1 is 1.47 bits per heavy atom. The molecule has 2 heterocycles. The second-order valence-corrected chi connectivity index (χ2v) is 4.40. The van der Waals surface area contributed by atoms with E-state index in [1.165, 1.54) is 38.0 Å². The van der Waals surface area contributed by atoms with Gasteiger partial charge in [-0.1, -0.05) is 13.0 Å². The van der Waals surface area contributed by atoms with E-state index in [2.05, 4.69) is 41.9 Å². The molecule has 0 radical (unpaired) electrons. The van der Waals surface area contributed by atoms with E-state index in [1.807, 2.05) is 0 Å². The van der Waals surface area contributed by atoms with Crippen LogP contribution in [-0.4, -0.2) is 23.0 Å². The van der Waals surface area contributed by atoms with Crippen LogP contribution in [0.5, 0.6) is 0 Å². The third-order valence-electron chi connectivity index (χ3n) is 3.13. The molecule has 1 saturated heterocycles. The van der Waals surface area contributed by atoms with Crippen LogP contribution in [0.3, 0.4) is 0 Å². The molecule has 1 fully saturated rings. The lowest BCUT2D eigenvalue weighted by Crippen LogP contribution is -2.24. The molecular weight excluding hydrogens is 184 g/mol. The predicted octanol–water partition coefficient (Wildman–Crippen LogP) is 2.94. The zero-order valence-electron chi connectivity index (χ0n) is 9.74. The first-order valence-electron chi connectivity index (χ1n) is 5.99. The second-order valence-electron chi connectivity index (χ2n) is 4.40. The number of rotatable bonds is 3. The highest BCUT2D eigenvalue weighted by Crippen LogP contribution is 2.30. The van der Waals surface area contributed by atoms with Gasteiger partial charge in [-0.2, -0.15) is 0 Å². The van der Waals surface area contributed by atoms with Crippen LogP contribution >= 0.6 is 0 Å². The predicted molar refractivity (Wildman–Crippen MR) is 62.8 cm³/mol. The molecule has 0 aliphatic carbocycles. The Labute approximate surface area is 92.3 Å². The Morgan fingerprint density at radius 3 is 3.07 bits per heavy atom. The lowest BCUT2D eigenvalue weighted by Gasteiger charge is -2.23. The highest BCUT2D eigenvalue weighted by molar-refractivity contribution is 5.14. The number of aryl methyl sites for hydroxylation is 1. The second kappa shape index (κ2) is 4.75. The van der Waals surface area contributed by atoms with Crippen LogP contribution in [-0.2, 0) is 0 Å². The smallest absolute Gasteiger partial charge is 0.0578 e. The lowest BCUT2D eigenvalue weighted by atomic mass is 10.1. The van der Waals surface area contributed by atoms with Gasteiger partial charge >= 0.3 is 0 Å². The van der Waals surface area contributed by atoms with E-state index in [9.17, 15) is 0 Å². The van der Waals surface area contributed by atoms with E-state index in [4.69, 9.17) is 0 Å². The Morgan fingerprint density at radius 2 is 2.33 bits per heavy atom. The van der Waals surface area contributed by atoms with E-state index in [0.717, 1.165) is 5.69 Å². The van der Waals surface area contributed by atoms with Gasteiger partial charge in [0, 0.05) is 5.69 Å². The fourth-order valence-electron chi connectivity index (χ4n) is 2.47. The summed E-state index contributed by atoms with van der Waals surface area (Å²) in [7, 11) is 0. The van der Waals surface area contributed by atoms with Gasteiger partial charge in [-0.25, -0.2) is 0 Å². The van der Waals surface area contributed by atoms with Crippen molar-refractivity contribution in [3.8, 4) is 0 Å². The van der Waals surface area contributed by atoms with Crippen LogP contribution in [0, 0.1) is 6.92 Å². The summed E-state index contributed by atoms with van der Waals surface area (Å²) in [5.41, 5.74) is 2.40. The van der Waals surface area contributed by atoms with Crippen LogP contribution in [0.1, 0.15) is 43.6 Å². The van der Waals surface area contributed by atoms with Crippen molar-refractivity contribution in [3.63, 3.8) is 0 Å². The molecule has 2 nitrogen and oxygen atoms in total. The Balaban J connectivity index is 2.15. The molecule has 82 valence electrons. The first-order valence-corrected chi connectivity index (χ1v) is 5.99. The van der Waals surface area contributed by atoms with Crippen LogP contribution in [0.15, 0.2) is 18.2 Å². The van der Waals surface area contributed by atoms with Gasteiger partial charge in [0.15, 0.2) is 0 Å². The molecule has 0 N–H and O–H groups in total. The molecule has 1 aromatic heterocycles. The number of likely N-dealkylation sites (tertiary alicyclic amines) is 1. The van der Waals surface area contributed by atoms with Crippen molar-refractivity contribution in [3.05, 3.63) is 29.6 Å². The van der Waals surface area contributed by atoms with Gasteiger partial charge in [-0.05, 0) is 51.4 Å². The molecule has 2 rings (SSSR count). The highest BCUT2D eigenvalue weighted by atomic mass is 15.2. The molecule has 1 aromatic rings. The van der Waals surface area contributed by atoms with Crippen LogP contribution in [0.2, 0.25) is 0 Å². The molecular formula is C13H20N2. The van der Waals surface area contributed by atoms with E-state index in [0.29, 0.717) is 6.04 Å². The summed E-state index contributed by atoms with van der Waals surface area (Å²) in [5, 5.41) is 0. The molecule has 0 saturated carbocycles. The first kappa shape index (κ1) is 10.6. The normalized spacial score (nSPS) is 22.1. The summed E-state index contributed by atoms with van der Waals surface area (Å²) >= 11 is 0. The summed E-state index contributed by atoms with van der Waals surface area (Å²) in [6.45, 7) is 6.77. The fourth-order valence-corrected chi connectivity index (χ4v) is 2.47. The molecule has 2 heteroatoms. The van der Waals surface area contributed by atoms with Crippen molar-refractivity contribution in [2.24, 2.45) is 0 Å². The molecule has 0 bridgehead atoms. The van der Waals surface area contributed by atoms with Crippen molar-refractivity contribution >= 4 is 0 Å². The number of nitrogens with zero attached hydrogens (tertiary/aromatic N) is 2. The first-order chi connectivity index (χ1) is 7.31. The zero-order chi connectivity index (χ0) is 10.7. The minimum absolute atomic E-state index is 0.574. The fraction of sp³-hybridized carbons (Fsp3) is 0.615. The largest absolute Gasteiger partial charge is 0.295 e. The van der Waals surface area contributed by atoms with Crippen molar-refractivity contribution in [1.29, 1.82) is 0 Å². The maximum atomic E-state index is 4.65. The van der Waals surface area contributed by atoms with E-state index < -0.39 is 0 Å². The minimum Gasteiger partial charge on any atom is -0.295 e. The molecule has 0 spiro atoms. The number of hydrogen-bond acceptors (Lipinski definition) is 2. The summed E-state index contributed by atoms with van der Waals surface area (Å²) in [6, 6.07) is 6.94. The van der Waals surface area contributed by atoms with Crippen molar-refractivity contribution in [2.75, 3.05) is 13.1 Å².